The maximum absolute atomic E-state index is 12.4. The highest BCUT2D eigenvalue weighted by Crippen LogP contribution is 2.36. The van der Waals surface area contributed by atoms with Crippen LogP contribution < -0.4 is 0 Å². The van der Waals surface area contributed by atoms with Gasteiger partial charge in [0, 0.05) is 33.1 Å². The molecule has 0 radical (unpaired) electrons. The second-order valence-corrected chi connectivity index (χ2v) is 9.04. The van der Waals surface area contributed by atoms with Gasteiger partial charge in [-0.05, 0) is 22.0 Å². The Bertz CT molecular complexity index is 574. The lowest BCUT2D eigenvalue weighted by atomic mass is 10.3. The predicted molar refractivity (Wildman–Crippen MR) is 78.0 cm³/mol. The van der Waals surface area contributed by atoms with Crippen molar-refractivity contribution in [1.29, 1.82) is 0 Å². The van der Waals surface area contributed by atoms with E-state index in [1.165, 1.54) is 17.3 Å². The lowest BCUT2D eigenvalue weighted by Crippen LogP contribution is -2.49. The average Bonchev–Trinajstić information content (AvgIpc) is 2.70. The molecule has 1 amide bonds. The Hall–Kier alpha value is -0.150. The maximum atomic E-state index is 12.4. The van der Waals surface area contributed by atoms with E-state index in [4.69, 9.17) is 11.6 Å². The molecule has 19 heavy (non-hydrogen) atoms. The average molecular weight is 388 g/mol. The van der Waals surface area contributed by atoms with Crippen LogP contribution in [0.3, 0.4) is 0 Å². The number of halogens is 2. The van der Waals surface area contributed by atoms with Crippen LogP contribution in [-0.4, -0.2) is 49.7 Å². The number of thiophene rings is 1. The van der Waals surface area contributed by atoms with Crippen molar-refractivity contribution in [2.75, 3.05) is 26.2 Å². The number of nitrogens with zero attached hydrogens (tertiary/aromatic N) is 2. The third-order valence-electron chi connectivity index (χ3n) is 2.90. The first-order valence-corrected chi connectivity index (χ1v) is 8.95. The molecule has 1 aliphatic rings. The summed E-state index contributed by atoms with van der Waals surface area (Å²) in [5, 5.41) is 0.394. The first kappa shape index (κ1) is 15.2. The van der Waals surface area contributed by atoms with E-state index < -0.39 is 10.0 Å². The van der Waals surface area contributed by atoms with Crippen molar-refractivity contribution in [2.45, 2.75) is 11.1 Å². The summed E-state index contributed by atoms with van der Waals surface area (Å²) in [5.74, 6) is -0.0287. The molecule has 0 bridgehead atoms. The smallest absolute Gasteiger partial charge is 0.252 e. The SMILES string of the molecule is CC(=O)N1CCN(S(=O)(=O)c2cc(Cl)c(Br)s2)CC1. The molecule has 2 rings (SSSR count). The number of rotatable bonds is 2. The van der Waals surface area contributed by atoms with E-state index in [1.807, 2.05) is 0 Å². The molecule has 1 aromatic rings. The molecule has 0 unspecified atom stereocenters. The molecule has 0 spiro atoms. The highest BCUT2D eigenvalue weighted by atomic mass is 79.9. The van der Waals surface area contributed by atoms with E-state index in [1.54, 1.807) is 4.90 Å². The quantitative estimate of drug-likeness (QED) is 0.780. The highest BCUT2D eigenvalue weighted by molar-refractivity contribution is 9.11. The number of piperazine rings is 1. The van der Waals surface area contributed by atoms with Crippen molar-refractivity contribution >= 4 is 54.8 Å². The minimum absolute atomic E-state index is 0.0287. The second kappa shape index (κ2) is 5.69. The first-order chi connectivity index (χ1) is 8.82. The molecule has 0 saturated carbocycles. The number of sulfonamides is 1. The van der Waals surface area contributed by atoms with Gasteiger partial charge in [0.2, 0.25) is 5.91 Å². The Labute approximate surface area is 129 Å². The van der Waals surface area contributed by atoms with E-state index in [0.29, 0.717) is 35.0 Å². The predicted octanol–water partition coefficient (Wildman–Crippen LogP) is 2.02. The van der Waals surface area contributed by atoms with Gasteiger partial charge in [0.25, 0.3) is 10.0 Å². The lowest BCUT2D eigenvalue weighted by molar-refractivity contribution is -0.129. The molecule has 1 aromatic heterocycles. The zero-order chi connectivity index (χ0) is 14.2. The van der Waals surface area contributed by atoms with Crippen molar-refractivity contribution in [3.05, 3.63) is 14.9 Å². The first-order valence-electron chi connectivity index (χ1n) is 5.53. The van der Waals surface area contributed by atoms with Crippen molar-refractivity contribution in [1.82, 2.24) is 9.21 Å². The Morgan fingerprint density at radius 2 is 1.95 bits per heavy atom. The fourth-order valence-corrected chi connectivity index (χ4v) is 5.80. The van der Waals surface area contributed by atoms with Gasteiger partial charge in [-0.3, -0.25) is 4.79 Å². The maximum Gasteiger partial charge on any atom is 0.252 e. The highest BCUT2D eigenvalue weighted by Gasteiger charge is 2.30. The second-order valence-electron chi connectivity index (χ2n) is 4.10. The zero-order valence-corrected chi connectivity index (χ0v) is 14.1. The Kier molecular flexibility index (Phi) is 4.56. The normalized spacial score (nSPS) is 17.7. The molecule has 1 aliphatic heterocycles. The Morgan fingerprint density at radius 3 is 2.37 bits per heavy atom. The number of hydrogen-bond acceptors (Lipinski definition) is 4. The van der Waals surface area contributed by atoms with Gasteiger partial charge in [-0.1, -0.05) is 11.6 Å². The molecule has 0 aliphatic carbocycles. The molecule has 0 atom stereocenters. The fraction of sp³-hybridized carbons (Fsp3) is 0.500. The van der Waals surface area contributed by atoms with Gasteiger partial charge in [0.15, 0.2) is 0 Å². The molecule has 0 aromatic carbocycles. The zero-order valence-electron chi connectivity index (χ0n) is 10.1. The van der Waals surface area contributed by atoms with Crippen LogP contribution in [0.4, 0.5) is 0 Å². The fourth-order valence-electron chi connectivity index (χ4n) is 1.82. The molecule has 0 N–H and O–H groups in total. The minimum Gasteiger partial charge on any atom is -0.340 e. The summed E-state index contributed by atoms with van der Waals surface area (Å²) in [6, 6.07) is 1.45. The monoisotopic (exact) mass is 386 g/mol. The third kappa shape index (κ3) is 3.13. The molecule has 1 saturated heterocycles. The number of carbonyl (C=O) groups is 1. The van der Waals surface area contributed by atoms with E-state index in [9.17, 15) is 13.2 Å². The Morgan fingerprint density at radius 1 is 1.37 bits per heavy atom. The summed E-state index contributed by atoms with van der Waals surface area (Å²) in [6.45, 7) is 2.97. The number of amides is 1. The molecule has 9 heteroatoms. The summed E-state index contributed by atoms with van der Waals surface area (Å²) in [7, 11) is -3.51. The molecule has 106 valence electrons. The number of carbonyl (C=O) groups excluding carboxylic acids is 1. The van der Waals surface area contributed by atoms with Gasteiger partial charge in [-0.25, -0.2) is 8.42 Å². The van der Waals surface area contributed by atoms with Crippen LogP contribution in [0.1, 0.15) is 6.92 Å². The van der Waals surface area contributed by atoms with Gasteiger partial charge in [0.1, 0.15) is 4.21 Å². The van der Waals surface area contributed by atoms with Crippen LogP contribution in [-0.2, 0) is 14.8 Å². The molecule has 5 nitrogen and oxygen atoms in total. The molecular formula is C10H12BrClN2O3S2. The molecule has 2 heterocycles. The summed E-state index contributed by atoms with van der Waals surface area (Å²) in [5.41, 5.74) is 0. The van der Waals surface area contributed by atoms with Gasteiger partial charge >= 0.3 is 0 Å². The Balaban J connectivity index is 2.16. The van der Waals surface area contributed by atoms with Crippen molar-refractivity contribution in [2.24, 2.45) is 0 Å². The summed E-state index contributed by atoms with van der Waals surface area (Å²) in [4.78, 5) is 12.9. The number of hydrogen-bond donors (Lipinski definition) is 0. The van der Waals surface area contributed by atoms with Gasteiger partial charge in [-0.2, -0.15) is 4.31 Å². The van der Waals surface area contributed by atoms with Crippen LogP contribution in [0.5, 0.6) is 0 Å². The summed E-state index contributed by atoms with van der Waals surface area (Å²) < 4.78 is 27.0. The van der Waals surface area contributed by atoms with E-state index in [2.05, 4.69) is 15.9 Å². The van der Waals surface area contributed by atoms with Gasteiger partial charge < -0.3 is 4.90 Å². The van der Waals surface area contributed by atoms with Crippen molar-refractivity contribution in [3.8, 4) is 0 Å². The lowest BCUT2D eigenvalue weighted by Gasteiger charge is -2.33. The van der Waals surface area contributed by atoms with Crippen LogP contribution >= 0.6 is 38.9 Å². The van der Waals surface area contributed by atoms with Gasteiger partial charge in [-0.15, -0.1) is 11.3 Å². The van der Waals surface area contributed by atoms with E-state index in [0.717, 1.165) is 11.3 Å². The van der Waals surface area contributed by atoms with Crippen LogP contribution in [0.15, 0.2) is 14.1 Å². The van der Waals surface area contributed by atoms with Crippen LogP contribution in [0.2, 0.25) is 5.02 Å². The third-order valence-corrected chi connectivity index (χ3v) is 7.72. The van der Waals surface area contributed by atoms with Gasteiger partial charge in [0.05, 0.1) is 8.81 Å². The van der Waals surface area contributed by atoms with Crippen molar-refractivity contribution in [3.63, 3.8) is 0 Å². The minimum atomic E-state index is -3.51. The standard InChI is InChI=1S/C10H12BrClN2O3S2/c1-7(15)13-2-4-14(5-3-13)19(16,17)9-6-8(12)10(11)18-9/h6H,2-5H2,1H3. The van der Waals surface area contributed by atoms with Crippen molar-refractivity contribution < 1.29 is 13.2 Å². The topological polar surface area (TPSA) is 57.7 Å². The molecule has 1 fully saturated rings. The van der Waals surface area contributed by atoms with E-state index in [-0.39, 0.29) is 10.1 Å². The van der Waals surface area contributed by atoms with Crippen LogP contribution in [0.25, 0.3) is 0 Å². The van der Waals surface area contributed by atoms with Crippen LogP contribution in [0, 0.1) is 0 Å². The summed E-state index contributed by atoms with van der Waals surface area (Å²) in [6.07, 6.45) is 0. The summed E-state index contributed by atoms with van der Waals surface area (Å²) >= 11 is 10.2. The largest absolute Gasteiger partial charge is 0.340 e. The molecular weight excluding hydrogens is 376 g/mol. The van der Waals surface area contributed by atoms with E-state index >= 15 is 0 Å².